The maximum atomic E-state index is 13.2. The number of halogens is 1. The molecule has 1 heterocycles. The predicted molar refractivity (Wildman–Crippen MR) is 60.3 cm³/mol. The lowest BCUT2D eigenvalue weighted by atomic mass is 9.83. The first-order chi connectivity index (χ1) is 7.78. The first-order valence-electron chi connectivity index (χ1n) is 5.95. The van der Waals surface area contributed by atoms with Crippen molar-refractivity contribution in [2.75, 3.05) is 6.61 Å². The van der Waals surface area contributed by atoms with Gasteiger partial charge in [0.05, 0.1) is 6.04 Å². The van der Waals surface area contributed by atoms with Gasteiger partial charge in [-0.15, -0.1) is 0 Å². The van der Waals surface area contributed by atoms with Crippen LogP contribution in [0.15, 0.2) is 34.8 Å². The Morgan fingerprint density at radius 3 is 3.19 bits per heavy atom. The quantitative estimate of drug-likeness (QED) is 0.711. The van der Waals surface area contributed by atoms with E-state index in [1.54, 1.807) is 12.2 Å². The van der Waals surface area contributed by atoms with Crippen LogP contribution in [0.25, 0.3) is 0 Å². The highest BCUT2D eigenvalue weighted by Gasteiger charge is 2.33. The molecule has 0 aromatic rings. The lowest BCUT2D eigenvalue weighted by Crippen LogP contribution is -2.24. The lowest BCUT2D eigenvalue weighted by molar-refractivity contribution is 0.213. The molecule has 3 heteroatoms. The third-order valence-electron chi connectivity index (χ3n) is 3.83. The Balaban J connectivity index is 1.91. The Labute approximate surface area is 94.5 Å². The van der Waals surface area contributed by atoms with Crippen molar-refractivity contribution < 1.29 is 9.50 Å². The van der Waals surface area contributed by atoms with E-state index in [-0.39, 0.29) is 18.5 Å². The van der Waals surface area contributed by atoms with E-state index < -0.39 is 0 Å². The largest absolute Gasteiger partial charge is 0.396 e. The third kappa shape index (κ3) is 1.50. The minimum absolute atomic E-state index is 0.118. The second-order valence-electron chi connectivity index (χ2n) is 4.87. The van der Waals surface area contributed by atoms with E-state index >= 15 is 0 Å². The van der Waals surface area contributed by atoms with Crippen LogP contribution >= 0.6 is 0 Å². The molecule has 1 aliphatic heterocycles. The summed E-state index contributed by atoms with van der Waals surface area (Å²) in [4.78, 5) is 0. The Hall–Kier alpha value is -1.09. The topological polar surface area (TPSA) is 32.3 Å². The number of allylic oxidation sites excluding steroid dienone is 3. The van der Waals surface area contributed by atoms with Crippen LogP contribution in [-0.4, -0.2) is 17.8 Å². The molecular weight excluding hydrogens is 205 g/mol. The number of hydrogen-bond donors (Lipinski definition) is 2. The average molecular weight is 221 g/mol. The van der Waals surface area contributed by atoms with Crippen molar-refractivity contribution in [3.63, 3.8) is 0 Å². The smallest absolute Gasteiger partial charge is 0.119 e. The van der Waals surface area contributed by atoms with Crippen molar-refractivity contribution in [3.05, 3.63) is 34.8 Å². The van der Waals surface area contributed by atoms with Gasteiger partial charge in [0.15, 0.2) is 0 Å². The van der Waals surface area contributed by atoms with E-state index in [1.165, 1.54) is 11.3 Å². The van der Waals surface area contributed by atoms with Gasteiger partial charge in [-0.2, -0.15) is 0 Å². The van der Waals surface area contributed by atoms with Gasteiger partial charge in [0, 0.05) is 12.3 Å². The van der Waals surface area contributed by atoms with Gasteiger partial charge in [0.1, 0.15) is 5.83 Å². The third-order valence-corrected chi connectivity index (χ3v) is 3.83. The Morgan fingerprint density at radius 1 is 1.50 bits per heavy atom. The summed E-state index contributed by atoms with van der Waals surface area (Å²) in [5.74, 6) is 0.238. The van der Waals surface area contributed by atoms with Gasteiger partial charge in [0.25, 0.3) is 0 Å². The summed E-state index contributed by atoms with van der Waals surface area (Å²) in [7, 11) is 0. The van der Waals surface area contributed by atoms with Crippen LogP contribution in [0.4, 0.5) is 4.39 Å². The highest BCUT2D eigenvalue weighted by molar-refractivity contribution is 5.50. The van der Waals surface area contributed by atoms with Crippen molar-refractivity contribution in [2.24, 2.45) is 5.92 Å². The van der Waals surface area contributed by atoms with Gasteiger partial charge >= 0.3 is 0 Å². The number of aliphatic hydroxyl groups excluding tert-OH is 1. The standard InChI is InChI=1S/C13H16FNO/c14-9-2-4-13-11(6-9)10-5-8(7-16)1-3-12(10)15-13/h2,6,8,13,15-16H,1,3-5,7H2/t8-,13-/m0/s1. The van der Waals surface area contributed by atoms with Crippen LogP contribution in [0, 0.1) is 5.92 Å². The minimum atomic E-state index is -0.118. The number of hydrogen-bond acceptors (Lipinski definition) is 2. The molecule has 3 aliphatic rings. The molecule has 0 radical (unpaired) electrons. The van der Waals surface area contributed by atoms with Gasteiger partial charge in [0.2, 0.25) is 0 Å². The fraction of sp³-hybridized carbons (Fsp3) is 0.538. The molecule has 0 saturated heterocycles. The average Bonchev–Trinajstić information content (AvgIpc) is 2.66. The maximum Gasteiger partial charge on any atom is 0.119 e. The van der Waals surface area contributed by atoms with Crippen molar-refractivity contribution in [1.29, 1.82) is 0 Å². The van der Waals surface area contributed by atoms with Gasteiger partial charge in [-0.05, 0) is 54.9 Å². The molecule has 3 rings (SSSR count). The molecule has 0 aromatic carbocycles. The van der Waals surface area contributed by atoms with Gasteiger partial charge in [-0.25, -0.2) is 4.39 Å². The molecule has 0 bridgehead atoms. The highest BCUT2D eigenvalue weighted by atomic mass is 19.1. The lowest BCUT2D eigenvalue weighted by Gasteiger charge is -2.22. The van der Waals surface area contributed by atoms with Crippen LogP contribution in [-0.2, 0) is 0 Å². The SMILES string of the molecule is OC[C@H]1CCC2=C(C1)C1=CC(F)=CC[C@@H]1N2. The molecule has 0 fully saturated rings. The van der Waals surface area contributed by atoms with Gasteiger partial charge in [-0.1, -0.05) is 0 Å². The van der Waals surface area contributed by atoms with E-state index in [0.717, 1.165) is 31.3 Å². The molecule has 2 nitrogen and oxygen atoms in total. The Morgan fingerprint density at radius 2 is 2.38 bits per heavy atom. The summed E-state index contributed by atoms with van der Waals surface area (Å²) in [6, 6.07) is 0.280. The van der Waals surface area contributed by atoms with Crippen LogP contribution in [0.5, 0.6) is 0 Å². The summed E-state index contributed by atoms with van der Waals surface area (Å²) in [5.41, 5.74) is 3.66. The molecule has 0 aromatic heterocycles. The normalized spacial score (nSPS) is 32.6. The van der Waals surface area contributed by atoms with Crippen molar-refractivity contribution in [2.45, 2.75) is 31.7 Å². The molecule has 86 valence electrons. The molecule has 2 aliphatic carbocycles. The fourth-order valence-corrected chi connectivity index (χ4v) is 2.93. The minimum Gasteiger partial charge on any atom is -0.396 e. The molecule has 0 saturated carbocycles. The number of rotatable bonds is 1. The van der Waals surface area contributed by atoms with Crippen molar-refractivity contribution in [1.82, 2.24) is 5.32 Å². The number of aliphatic hydroxyl groups is 1. The first-order valence-corrected chi connectivity index (χ1v) is 5.95. The summed E-state index contributed by atoms with van der Waals surface area (Å²) < 4.78 is 13.2. The van der Waals surface area contributed by atoms with E-state index in [4.69, 9.17) is 0 Å². The molecule has 2 N–H and O–H groups in total. The molecule has 0 spiro atoms. The summed E-state index contributed by atoms with van der Waals surface area (Å²) in [6.07, 6.45) is 6.98. The monoisotopic (exact) mass is 221 g/mol. The van der Waals surface area contributed by atoms with Gasteiger partial charge < -0.3 is 10.4 Å². The molecule has 16 heavy (non-hydrogen) atoms. The Kier molecular flexibility index (Phi) is 2.36. The second kappa shape index (κ2) is 3.74. The summed E-state index contributed by atoms with van der Waals surface area (Å²) in [6.45, 7) is 0.243. The zero-order valence-electron chi connectivity index (χ0n) is 9.17. The zero-order chi connectivity index (χ0) is 11.1. The zero-order valence-corrected chi connectivity index (χ0v) is 9.17. The highest BCUT2D eigenvalue weighted by Crippen LogP contribution is 2.41. The summed E-state index contributed by atoms with van der Waals surface area (Å²) in [5, 5.41) is 12.7. The summed E-state index contributed by atoms with van der Waals surface area (Å²) >= 11 is 0. The van der Waals surface area contributed by atoms with Crippen molar-refractivity contribution in [3.8, 4) is 0 Å². The molecule has 2 atom stereocenters. The van der Waals surface area contributed by atoms with E-state index in [1.807, 2.05) is 0 Å². The van der Waals surface area contributed by atoms with E-state index in [9.17, 15) is 9.50 Å². The number of fused-ring (bicyclic) bond motifs is 2. The van der Waals surface area contributed by atoms with Crippen LogP contribution < -0.4 is 5.32 Å². The van der Waals surface area contributed by atoms with Gasteiger partial charge in [-0.3, -0.25) is 0 Å². The van der Waals surface area contributed by atoms with Crippen LogP contribution in [0.3, 0.4) is 0 Å². The molecular formula is C13H16FNO. The molecule has 0 unspecified atom stereocenters. The van der Waals surface area contributed by atoms with Crippen LogP contribution in [0.2, 0.25) is 0 Å². The predicted octanol–water partition coefficient (Wildman–Crippen LogP) is 2.19. The first kappa shape index (κ1) is 10.1. The second-order valence-corrected chi connectivity index (χ2v) is 4.87. The number of nitrogens with one attached hydrogen (secondary N) is 1. The van der Waals surface area contributed by atoms with Crippen LogP contribution in [0.1, 0.15) is 25.7 Å². The maximum absolute atomic E-state index is 13.2. The fourth-order valence-electron chi connectivity index (χ4n) is 2.93. The Bertz CT molecular complexity index is 408. The van der Waals surface area contributed by atoms with E-state index in [2.05, 4.69) is 5.32 Å². The van der Waals surface area contributed by atoms with Crippen molar-refractivity contribution >= 4 is 0 Å². The van der Waals surface area contributed by atoms with E-state index in [0.29, 0.717) is 5.92 Å². The molecule has 0 amide bonds.